The van der Waals surface area contributed by atoms with E-state index >= 15 is 0 Å². The highest BCUT2D eigenvalue weighted by atomic mass is 19.4. The first-order valence-electron chi connectivity index (χ1n) is 14.7. The fraction of sp³-hybridized carbons (Fsp3) is 0.438. The minimum Gasteiger partial charge on any atom is -0.405 e. The smallest absolute Gasteiger partial charge is 0.405 e. The van der Waals surface area contributed by atoms with Gasteiger partial charge in [-0.1, -0.05) is 37.6 Å². The second-order valence-electron chi connectivity index (χ2n) is 11.6. The van der Waals surface area contributed by atoms with Crippen LogP contribution in [0.3, 0.4) is 0 Å². The zero-order valence-electron chi connectivity index (χ0n) is 24.2. The predicted octanol–water partition coefficient (Wildman–Crippen LogP) is 7.89. The maximum absolute atomic E-state index is 14.0. The number of nitriles is 1. The van der Waals surface area contributed by atoms with Crippen molar-refractivity contribution in [2.45, 2.75) is 77.0 Å². The molecular weight excluding hydrogens is 578 g/mol. The summed E-state index contributed by atoms with van der Waals surface area (Å²) in [4.78, 5) is 8.91. The van der Waals surface area contributed by atoms with E-state index in [1.54, 1.807) is 12.3 Å². The average molecular weight is 610 g/mol. The van der Waals surface area contributed by atoms with Crippen LogP contribution in [0.25, 0.3) is 22.3 Å². The number of fused-ring (bicyclic) bond motifs is 1. The van der Waals surface area contributed by atoms with Gasteiger partial charge in [0, 0.05) is 29.2 Å². The topological polar surface area (TPSA) is 106 Å². The van der Waals surface area contributed by atoms with E-state index < -0.39 is 12.2 Å². The first-order valence-corrected chi connectivity index (χ1v) is 14.7. The molecule has 4 atom stereocenters. The standard InChI is InChI=1S/C32H31F4N5O3/c1-3-18-12-22(10-17(2)28(18)40-27-15-38-29-20(14-37)11-21(33)13-25(29)39-27)42-16-24-30(41-44-31(24)19-8-9-19)23-6-4-5-7-26(23)43-32(34,35)36/h4-7,11,13,15,17-19,22,28H,3,8-10,12,16H2,1-2H3,(H,39,40). The van der Waals surface area contributed by atoms with Crippen molar-refractivity contribution in [3.05, 3.63) is 65.3 Å². The summed E-state index contributed by atoms with van der Waals surface area (Å²) in [5.41, 5.74) is 1.94. The molecule has 12 heteroatoms. The third kappa shape index (κ3) is 6.33. The van der Waals surface area contributed by atoms with Gasteiger partial charge >= 0.3 is 6.36 Å². The molecule has 2 aromatic heterocycles. The molecule has 4 aromatic rings. The first kappa shape index (κ1) is 29.8. The Morgan fingerprint density at radius 3 is 2.68 bits per heavy atom. The molecule has 2 saturated carbocycles. The summed E-state index contributed by atoms with van der Waals surface area (Å²) in [5, 5.41) is 17.0. The second kappa shape index (κ2) is 12.0. The third-order valence-electron chi connectivity index (χ3n) is 8.49. The molecule has 8 nitrogen and oxygen atoms in total. The Hall–Kier alpha value is -4.24. The van der Waals surface area contributed by atoms with Gasteiger partial charge < -0.3 is 19.3 Å². The lowest BCUT2D eigenvalue weighted by molar-refractivity contribution is -0.274. The molecule has 2 aliphatic carbocycles. The molecule has 0 amide bonds. The molecule has 0 spiro atoms. The normalized spacial score (nSPS) is 22.1. The summed E-state index contributed by atoms with van der Waals surface area (Å²) >= 11 is 0. The van der Waals surface area contributed by atoms with Crippen LogP contribution in [0.15, 0.2) is 47.1 Å². The third-order valence-corrected chi connectivity index (χ3v) is 8.49. The largest absolute Gasteiger partial charge is 0.573 e. The van der Waals surface area contributed by atoms with E-state index in [0.29, 0.717) is 33.9 Å². The van der Waals surface area contributed by atoms with E-state index in [2.05, 4.69) is 39.0 Å². The quantitative estimate of drug-likeness (QED) is 0.191. The Bertz CT molecular complexity index is 1700. The molecular formula is C32H31F4N5O3. The summed E-state index contributed by atoms with van der Waals surface area (Å²) in [7, 11) is 0. The van der Waals surface area contributed by atoms with Gasteiger partial charge in [-0.15, -0.1) is 13.2 Å². The molecule has 0 bridgehead atoms. The van der Waals surface area contributed by atoms with Crippen LogP contribution in [-0.4, -0.2) is 33.6 Å². The summed E-state index contributed by atoms with van der Waals surface area (Å²) < 4.78 is 69.9. The van der Waals surface area contributed by atoms with E-state index in [9.17, 15) is 22.8 Å². The van der Waals surface area contributed by atoms with Crippen molar-refractivity contribution in [1.29, 1.82) is 5.26 Å². The zero-order valence-corrected chi connectivity index (χ0v) is 24.2. The monoisotopic (exact) mass is 609 g/mol. The molecule has 0 saturated heterocycles. The number of hydrogen-bond donors (Lipinski definition) is 1. The van der Waals surface area contributed by atoms with E-state index in [0.717, 1.165) is 38.2 Å². The highest BCUT2D eigenvalue weighted by Crippen LogP contribution is 2.46. The van der Waals surface area contributed by atoms with Crippen molar-refractivity contribution < 1.29 is 31.6 Å². The summed E-state index contributed by atoms with van der Waals surface area (Å²) in [6.45, 7) is 4.39. The lowest BCUT2D eigenvalue weighted by Crippen LogP contribution is -2.43. The average Bonchev–Trinajstić information content (AvgIpc) is 3.75. The Labute approximate surface area is 251 Å². The van der Waals surface area contributed by atoms with Gasteiger partial charge in [-0.05, 0) is 55.7 Å². The predicted molar refractivity (Wildman–Crippen MR) is 153 cm³/mol. The molecule has 1 N–H and O–H groups in total. The molecule has 44 heavy (non-hydrogen) atoms. The summed E-state index contributed by atoms with van der Waals surface area (Å²) in [6, 6.07) is 10.3. The number of nitrogens with one attached hydrogen (secondary N) is 1. The van der Waals surface area contributed by atoms with Crippen molar-refractivity contribution >= 4 is 16.9 Å². The number of alkyl halides is 3. The minimum absolute atomic E-state index is 0.0511. The van der Waals surface area contributed by atoms with Crippen molar-refractivity contribution in [3.8, 4) is 23.1 Å². The molecule has 230 valence electrons. The first-order chi connectivity index (χ1) is 21.1. The van der Waals surface area contributed by atoms with Crippen LogP contribution >= 0.6 is 0 Å². The minimum atomic E-state index is -4.85. The lowest BCUT2D eigenvalue weighted by atomic mass is 9.75. The number of rotatable bonds is 9. The molecule has 2 aromatic carbocycles. The van der Waals surface area contributed by atoms with Crippen LogP contribution in [0.2, 0.25) is 0 Å². The summed E-state index contributed by atoms with van der Waals surface area (Å²) in [6.07, 6.45) is 0.823. The van der Waals surface area contributed by atoms with E-state index in [-0.39, 0.29) is 53.4 Å². The van der Waals surface area contributed by atoms with E-state index in [4.69, 9.17) is 9.26 Å². The number of nitrogens with zero attached hydrogens (tertiary/aromatic N) is 4. The summed E-state index contributed by atoms with van der Waals surface area (Å²) in [5.74, 6) is 0.835. The maximum atomic E-state index is 14.0. The van der Waals surface area contributed by atoms with Gasteiger partial charge in [0.25, 0.3) is 0 Å². The van der Waals surface area contributed by atoms with Crippen molar-refractivity contribution in [3.63, 3.8) is 0 Å². The van der Waals surface area contributed by atoms with Crippen molar-refractivity contribution in [1.82, 2.24) is 15.1 Å². The van der Waals surface area contributed by atoms with E-state index in [1.807, 2.05) is 6.07 Å². The number of anilines is 1. The van der Waals surface area contributed by atoms with Gasteiger partial charge in [0.15, 0.2) is 0 Å². The molecule has 2 heterocycles. The van der Waals surface area contributed by atoms with Gasteiger partial charge in [-0.3, -0.25) is 0 Å². The fourth-order valence-corrected chi connectivity index (χ4v) is 6.26. The Kier molecular flexibility index (Phi) is 8.16. The lowest BCUT2D eigenvalue weighted by Gasteiger charge is -2.41. The van der Waals surface area contributed by atoms with Crippen molar-refractivity contribution in [2.75, 3.05) is 5.32 Å². The maximum Gasteiger partial charge on any atom is 0.573 e. The Morgan fingerprint density at radius 1 is 1.16 bits per heavy atom. The molecule has 2 aliphatic rings. The Morgan fingerprint density at radius 2 is 1.95 bits per heavy atom. The molecule has 0 radical (unpaired) electrons. The zero-order chi connectivity index (χ0) is 31.0. The molecule has 2 fully saturated rings. The van der Waals surface area contributed by atoms with Gasteiger partial charge in [-0.25, -0.2) is 14.4 Å². The highest BCUT2D eigenvalue weighted by molar-refractivity contribution is 5.81. The molecule has 4 unspecified atom stereocenters. The Balaban J connectivity index is 1.18. The van der Waals surface area contributed by atoms with Crippen LogP contribution < -0.4 is 10.1 Å². The highest BCUT2D eigenvalue weighted by Gasteiger charge is 2.38. The number of para-hydroxylation sites is 1. The molecule has 6 rings (SSSR count). The van der Waals surface area contributed by atoms with Crippen LogP contribution in [-0.2, 0) is 11.3 Å². The number of hydrogen-bond acceptors (Lipinski definition) is 8. The van der Waals surface area contributed by atoms with Gasteiger partial charge in [0.05, 0.1) is 30.0 Å². The SMILES string of the molecule is CCC1CC(OCc2c(-c3ccccc3OC(F)(F)F)noc2C2CC2)CC(C)C1Nc1cnc2c(C#N)cc(F)cc2n1. The van der Waals surface area contributed by atoms with Gasteiger partial charge in [-0.2, -0.15) is 5.26 Å². The van der Waals surface area contributed by atoms with Gasteiger partial charge in [0.1, 0.15) is 40.4 Å². The van der Waals surface area contributed by atoms with Crippen LogP contribution in [0, 0.1) is 29.0 Å². The van der Waals surface area contributed by atoms with Crippen LogP contribution in [0.4, 0.5) is 23.4 Å². The van der Waals surface area contributed by atoms with E-state index in [1.165, 1.54) is 24.3 Å². The number of ether oxygens (including phenoxy) is 2. The second-order valence-corrected chi connectivity index (χ2v) is 11.6. The fourth-order valence-electron chi connectivity index (χ4n) is 6.26. The van der Waals surface area contributed by atoms with Crippen LogP contribution in [0.1, 0.15) is 68.8 Å². The number of aromatic nitrogens is 3. The van der Waals surface area contributed by atoms with Crippen LogP contribution in [0.5, 0.6) is 5.75 Å². The number of benzene rings is 2. The molecule has 0 aliphatic heterocycles. The van der Waals surface area contributed by atoms with Crippen molar-refractivity contribution in [2.24, 2.45) is 11.8 Å². The number of halogens is 4. The van der Waals surface area contributed by atoms with Gasteiger partial charge in [0.2, 0.25) is 0 Å².